The fourth-order valence-corrected chi connectivity index (χ4v) is 3.45. The Morgan fingerprint density at radius 1 is 0.931 bits per heavy atom. The SMILES string of the molecule is CNC(=O)COC(=O)N1CCN(CCCc2ccc(-c3ccccc3)cc2)CC1. The summed E-state index contributed by atoms with van der Waals surface area (Å²) >= 11 is 0. The molecule has 0 bridgehead atoms. The highest BCUT2D eigenvalue weighted by atomic mass is 16.6. The molecule has 1 aliphatic rings. The maximum absolute atomic E-state index is 12.0. The number of nitrogens with zero attached hydrogens (tertiary/aromatic N) is 2. The molecule has 1 heterocycles. The van der Waals surface area contributed by atoms with Gasteiger partial charge in [0.2, 0.25) is 0 Å². The van der Waals surface area contributed by atoms with Crippen LogP contribution in [-0.4, -0.2) is 68.2 Å². The zero-order valence-corrected chi connectivity index (χ0v) is 17.0. The van der Waals surface area contributed by atoms with E-state index in [0.717, 1.165) is 32.5 Å². The molecule has 0 aliphatic carbocycles. The number of amides is 2. The van der Waals surface area contributed by atoms with E-state index in [9.17, 15) is 9.59 Å². The second kappa shape index (κ2) is 10.6. The molecule has 0 atom stereocenters. The minimum absolute atomic E-state index is 0.224. The molecule has 6 heteroatoms. The molecule has 1 N–H and O–H groups in total. The molecule has 6 nitrogen and oxygen atoms in total. The lowest BCUT2D eigenvalue weighted by molar-refractivity contribution is -0.123. The third kappa shape index (κ3) is 6.32. The quantitative estimate of drug-likeness (QED) is 0.783. The van der Waals surface area contributed by atoms with Gasteiger partial charge in [0.1, 0.15) is 0 Å². The van der Waals surface area contributed by atoms with E-state index in [4.69, 9.17) is 4.74 Å². The number of nitrogens with one attached hydrogen (secondary N) is 1. The highest BCUT2D eigenvalue weighted by molar-refractivity contribution is 5.79. The minimum Gasteiger partial charge on any atom is -0.439 e. The maximum atomic E-state index is 12.0. The normalized spacial score (nSPS) is 14.4. The second-order valence-corrected chi connectivity index (χ2v) is 7.22. The number of likely N-dealkylation sites (N-methyl/N-ethyl adjacent to an activating group) is 1. The Hall–Kier alpha value is -2.86. The maximum Gasteiger partial charge on any atom is 0.410 e. The van der Waals surface area contributed by atoms with Crippen molar-refractivity contribution in [2.45, 2.75) is 12.8 Å². The van der Waals surface area contributed by atoms with Gasteiger partial charge in [0, 0.05) is 33.2 Å². The number of hydrogen-bond acceptors (Lipinski definition) is 4. The Labute approximate surface area is 172 Å². The van der Waals surface area contributed by atoms with Crippen LogP contribution in [0.5, 0.6) is 0 Å². The number of hydrogen-bond donors (Lipinski definition) is 1. The van der Waals surface area contributed by atoms with Gasteiger partial charge in [-0.2, -0.15) is 0 Å². The zero-order chi connectivity index (χ0) is 20.5. The van der Waals surface area contributed by atoms with E-state index >= 15 is 0 Å². The summed E-state index contributed by atoms with van der Waals surface area (Å²) in [5, 5.41) is 2.44. The first-order valence-electron chi connectivity index (χ1n) is 10.1. The van der Waals surface area contributed by atoms with Gasteiger partial charge in [-0.25, -0.2) is 4.79 Å². The largest absolute Gasteiger partial charge is 0.439 e. The van der Waals surface area contributed by atoms with Crippen molar-refractivity contribution in [3.63, 3.8) is 0 Å². The Morgan fingerprint density at radius 2 is 1.59 bits per heavy atom. The number of benzene rings is 2. The summed E-state index contributed by atoms with van der Waals surface area (Å²) in [6.07, 6.45) is 1.72. The fraction of sp³-hybridized carbons (Fsp3) is 0.391. The Balaban J connectivity index is 1.35. The molecule has 154 valence electrons. The molecule has 1 aliphatic heterocycles. The monoisotopic (exact) mass is 395 g/mol. The first-order valence-corrected chi connectivity index (χ1v) is 10.1. The van der Waals surface area contributed by atoms with Crippen molar-refractivity contribution < 1.29 is 14.3 Å². The third-order valence-electron chi connectivity index (χ3n) is 5.24. The summed E-state index contributed by atoms with van der Waals surface area (Å²) in [5.41, 5.74) is 3.83. The lowest BCUT2D eigenvalue weighted by Gasteiger charge is -2.34. The summed E-state index contributed by atoms with van der Waals surface area (Å²) < 4.78 is 5.01. The van der Waals surface area contributed by atoms with Gasteiger partial charge in [-0.3, -0.25) is 9.69 Å². The number of rotatable bonds is 7. The van der Waals surface area contributed by atoms with Crippen molar-refractivity contribution in [3.8, 4) is 11.1 Å². The first-order chi connectivity index (χ1) is 14.2. The Bertz CT molecular complexity index is 785. The molecule has 0 unspecified atom stereocenters. The highest BCUT2D eigenvalue weighted by Gasteiger charge is 2.22. The molecule has 1 fully saturated rings. The van der Waals surface area contributed by atoms with E-state index in [1.54, 1.807) is 4.90 Å². The summed E-state index contributed by atoms with van der Waals surface area (Å²) in [6, 6.07) is 19.2. The summed E-state index contributed by atoms with van der Waals surface area (Å²) in [4.78, 5) is 27.2. The van der Waals surface area contributed by atoms with E-state index in [2.05, 4.69) is 58.7 Å². The highest BCUT2D eigenvalue weighted by Crippen LogP contribution is 2.19. The molecule has 29 heavy (non-hydrogen) atoms. The smallest absolute Gasteiger partial charge is 0.410 e. The second-order valence-electron chi connectivity index (χ2n) is 7.22. The van der Waals surface area contributed by atoms with E-state index in [-0.39, 0.29) is 12.5 Å². The molecule has 2 aromatic carbocycles. The van der Waals surface area contributed by atoms with E-state index < -0.39 is 6.09 Å². The molecule has 0 saturated carbocycles. The van der Waals surface area contributed by atoms with Crippen molar-refractivity contribution in [2.75, 3.05) is 46.4 Å². The van der Waals surface area contributed by atoms with Gasteiger partial charge in [0.25, 0.3) is 5.91 Å². The number of piperazine rings is 1. The van der Waals surface area contributed by atoms with Crippen molar-refractivity contribution in [3.05, 3.63) is 60.2 Å². The summed E-state index contributed by atoms with van der Waals surface area (Å²) in [6.45, 7) is 3.74. The standard InChI is InChI=1S/C23H29N3O3/c1-24-22(27)18-29-23(28)26-16-14-25(15-17-26)13-5-6-19-9-11-21(12-10-19)20-7-3-2-4-8-20/h2-4,7-12H,5-6,13-18H2,1H3,(H,24,27). The minimum atomic E-state index is -0.410. The predicted octanol–water partition coefficient (Wildman–Crippen LogP) is 2.79. The van der Waals surface area contributed by atoms with Gasteiger partial charge in [-0.1, -0.05) is 54.6 Å². The van der Waals surface area contributed by atoms with Crippen LogP contribution in [0.1, 0.15) is 12.0 Å². The Morgan fingerprint density at radius 3 is 2.24 bits per heavy atom. The van der Waals surface area contributed by atoms with Crippen LogP contribution in [0.15, 0.2) is 54.6 Å². The van der Waals surface area contributed by atoms with E-state index in [1.165, 1.54) is 23.7 Å². The van der Waals surface area contributed by atoms with Crippen LogP contribution in [0.25, 0.3) is 11.1 Å². The lowest BCUT2D eigenvalue weighted by atomic mass is 10.0. The fourth-order valence-electron chi connectivity index (χ4n) is 3.45. The van der Waals surface area contributed by atoms with Crippen LogP contribution in [0, 0.1) is 0 Å². The van der Waals surface area contributed by atoms with Crippen LogP contribution in [-0.2, 0) is 16.0 Å². The zero-order valence-electron chi connectivity index (χ0n) is 17.0. The van der Waals surface area contributed by atoms with Gasteiger partial charge < -0.3 is 15.0 Å². The molecule has 0 spiro atoms. The number of carbonyl (C=O) groups is 2. The first kappa shape index (κ1) is 20.9. The average Bonchev–Trinajstić information content (AvgIpc) is 2.78. The van der Waals surface area contributed by atoms with Gasteiger partial charge in [0.05, 0.1) is 0 Å². The van der Waals surface area contributed by atoms with Crippen molar-refractivity contribution in [1.82, 2.24) is 15.1 Å². The molecule has 0 radical (unpaired) electrons. The van der Waals surface area contributed by atoms with Gasteiger partial charge in [-0.05, 0) is 36.1 Å². The third-order valence-corrected chi connectivity index (χ3v) is 5.24. The number of ether oxygens (including phenoxy) is 1. The van der Waals surface area contributed by atoms with Gasteiger partial charge in [-0.15, -0.1) is 0 Å². The predicted molar refractivity (Wildman–Crippen MR) is 114 cm³/mol. The van der Waals surface area contributed by atoms with E-state index in [0.29, 0.717) is 13.1 Å². The summed E-state index contributed by atoms with van der Waals surface area (Å²) in [7, 11) is 1.52. The van der Waals surface area contributed by atoms with Gasteiger partial charge in [0.15, 0.2) is 6.61 Å². The molecule has 2 aromatic rings. The van der Waals surface area contributed by atoms with Crippen LogP contribution in [0.2, 0.25) is 0 Å². The molecule has 1 saturated heterocycles. The average molecular weight is 396 g/mol. The van der Waals surface area contributed by atoms with Crippen LogP contribution in [0.3, 0.4) is 0 Å². The number of carbonyl (C=O) groups excluding carboxylic acids is 2. The van der Waals surface area contributed by atoms with Crippen LogP contribution >= 0.6 is 0 Å². The Kier molecular flexibility index (Phi) is 7.64. The molecular weight excluding hydrogens is 366 g/mol. The summed E-state index contributed by atoms with van der Waals surface area (Å²) in [5.74, 6) is -0.297. The van der Waals surface area contributed by atoms with Crippen molar-refractivity contribution >= 4 is 12.0 Å². The van der Waals surface area contributed by atoms with Crippen molar-refractivity contribution in [2.24, 2.45) is 0 Å². The molecular formula is C23H29N3O3. The molecule has 2 amide bonds. The lowest BCUT2D eigenvalue weighted by Crippen LogP contribution is -2.49. The number of aryl methyl sites for hydroxylation is 1. The van der Waals surface area contributed by atoms with Crippen LogP contribution in [0.4, 0.5) is 4.79 Å². The van der Waals surface area contributed by atoms with Crippen LogP contribution < -0.4 is 5.32 Å². The van der Waals surface area contributed by atoms with Crippen molar-refractivity contribution in [1.29, 1.82) is 0 Å². The van der Waals surface area contributed by atoms with Gasteiger partial charge >= 0.3 is 6.09 Å². The topological polar surface area (TPSA) is 61.9 Å². The molecule has 0 aromatic heterocycles. The van der Waals surface area contributed by atoms with E-state index in [1.807, 2.05) is 6.07 Å². The molecule has 3 rings (SSSR count).